The SMILES string of the molecule is CCCc1cc(Cl)nc(Cl)n1.CCCc1cc(N2CCC[C@H]2C)nc(Cl)n1. The zero-order valence-electron chi connectivity index (χ0n) is 16.1. The lowest BCUT2D eigenvalue weighted by Gasteiger charge is -2.22. The second kappa shape index (κ2) is 11.0. The Labute approximate surface area is 176 Å². The van der Waals surface area contributed by atoms with E-state index in [1.165, 1.54) is 12.8 Å². The third-order valence-electron chi connectivity index (χ3n) is 4.32. The van der Waals surface area contributed by atoms with Gasteiger partial charge in [0.1, 0.15) is 11.0 Å². The van der Waals surface area contributed by atoms with Gasteiger partial charge in [0.25, 0.3) is 0 Å². The topological polar surface area (TPSA) is 54.8 Å². The van der Waals surface area contributed by atoms with Gasteiger partial charge >= 0.3 is 0 Å². The third-order valence-corrected chi connectivity index (χ3v) is 4.85. The predicted octanol–water partition coefficient (Wildman–Crippen LogP) is 5.81. The summed E-state index contributed by atoms with van der Waals surface area (Å²) < 4.78 is 0. The van der Waals surface area contributed by atoms with Gasteiger partial charge in [0, 0.05) is 30.0 Å². The molecule has 1 aliphatic rings. The van der Waals surface area contributed by atoms with Crippen molar-refractivity contribution in [2.24, 2.45) is 0 Å². The molecular formula is C19H26Cl3N5. The van der Waals surface area contributed by atoms with Crippen molar-refractivity contribution in [3.63, 3.8) is 0 Å². The van der Waals surface area contributed by atoms with Crippen molar-refractivity contribution in [1.82, 2.24) is 19.9 Å². The summed E-state index contributed by atoms with van der Waals surface area (Å²) in [5.41, 5.74) is 1.95. The van der Waals surface area contributed by atoms with E-state index in [0.717, 1.165) is 49.4 Å². The highest BCUT2D eigenvalue weighted by atomic mass is 35.5. The van der Waals surface area contributed by atoms with Crippen molar-refractivity contribution in [3.8, 4) is 0 Å². The molecule has 0 unspecified atom stereocenters. The molecule has 3 rings (SSSR count). The summed E-state index contributed by atoms with van der Waals surface area (Å²) in [4.78, 5) is 18.6. The van der Waals surface area contributed by atoms with Crippen LogP contribution in [-0.2, 0) is 12.8 Å². The summed E-state index contributed by atoms with van der Waals surface area (Å²) in [6.07, 6.45) is 6.46. The van der Waals surface area contributed by atoms with Crippen molar-refractivity contribution in [2.45, 2.75) is 65.3 Å². The maximum absolute atomic E-state index is 5.96. The van der Waals surface area contributed by atoms with Gasteiger partial charge in [0.05, 0.1) is 0 Å². The lowest BCUT2D eigenvalue weighted by atomic mass is 10.2. The van der Waals surface area contributed by atoms with Crippen LogP contribution >= 0.6 is 34.8 Å². The molecule has 0 aliphatic carbocycles. The van der Waals surface area contributed by atoms with E-state index in [1.54, 1.807) is 6.07 Å². The minimum absolute atomic E-state index is 0.223. The molecule has 0 N–H and O–H groups in total. The maximum atomic E-state index is 5.96. The molecule has 1 fully saturated rings. The van der Waals surface area contributed by atoms with Gasteiger partial charge in [-0.3, -0.25) is 0 Å². The molecule has 0 aromatic carbocycles. The minimum atomic E-state index is 0.223. The van der Waals surface area contributed by atoms with E-state index in [9.17, 15) is 0 Å². The summed E-state index contributed by atoms with van der Waals surface area (Å²) in [6.45, 7) is 7.54. The normalized spacial score (nSPS) is 16.2. The van der Waals surface area contributed by atoms with Crippen molar-refractivity contribution in [3.05, 3.63) is 39.2 Å². The molecule has 0 bridgehead atoms. The highest BCUT2D eigenvalue weighted by Gasteiger charge is 2.22. The number of aryl methyl sites for hydroxylation is 2. The predicted molar refractivity (Wildman–Crippen MR) is 113 cm³/mol. The van der Waals surface area contributed by atoms with Gasteiger partial charge in [0.2, 0.25) is 10.6 Å². The van der Waals surface area contributed by atoms with Crippen LogP contribution in [-0.4, -0.2) is 32.5 Å². The van der Waals surface area contributed by atoms with E-state index in [-0.39, 0.29) is 5.28 Å². The highest BCUT2D eigenvalue weighted by Crippen LogP contribution is 2.25. The van der Waals surface area contributed by atoms with E-state index in [2.05, 4.69) is 51.7 Å². The molecule has 0 spiro atoms. The van der Waals surface area contributed by atoms with Crippen LogP contribution < -0.4 is 4.90 Å². The number of anilines is 1. The summed E-state index contributed by atoms with van der Waals surface area (Å²) >= 11 is 17.2. The van der Waals surface area contributed by atoms with Crippen molar-refractivity contribution in [2.75, 3.05) is 11.4 Å². The summed E-state index contributed by atoms with van der Waals surface area (Å²) in [5.74, 6) is 0.994. The standard InChI is InChI=1S/C12H18ClN3.C7H8Cl2N2/c1-3-5-10-8-11(15-12(13)14-10)16-7-4-6-9(16)2;1-2-3-5-4-6(8)11-7(9)10-5/h8-9H,3-7H2,1-2H3;4H,2-3H2,1H3/t9-;/m1./s1. The average Bonchev–Trinajstić information content (AvgIpc) is 3.01. The first-order valence-corrected chi connectivity index (χ1v) is 10.5. The Hall–Kier alpha value is -1.17. The Morgan fingerprint density at radius 1 is 0.926 bits per heavy atom. The molecule has 3 heterocycles. The molecule has 1 aliphatic heterocycles. The van der Waals surface area contributed by atoms with Crippen LogP contribution in [0.15, 0.2) is 12.1 Å². The second-order valence-electron chi connectivity index (χ2n) is 6.62. The van der Waals surface area contributed by atoms with E-state index >= 15 is 0 Å². The van der Waals surface area contributed by atoms with E-state index in [4.69, 9.17) is 34.8 Å². The molecule has 8 heteroatoms. The molecule has 27 heavy (non-hydrogen) atoms. The number of aromatic nitrogens is 4. The highest BCUT2D eigenvalue weighted by molar-refractivity contribution is 6.31. The fourth-order valence-corrected chi connectivity index (χ4v) is 3.72. The lowest BCUT2D eigenvalue weighted by Crippen LogP contribution is -2.27. The van der Waals surface area contributed by atoms with Gasteiger partial charge in [-0.2, -0.15) is 0 Å². The zero-order valence-corrected chi connectivity index (χ0v) is 18.3. The van der Waals surface area contributed by atoms with Crippen LogP contribution in [0.2, 0.25) is 15.7 Å². The Balaban J connectivity index is 0.000000208. The first-order valence-electron chi connectivity index (χ1n) is 9.42. The number of hydrogen-bond acceptors (Lipinski definition) is 5. The fourth-order valence-electron chi connectivity index (χ4n) is 3.07. The van der Waals surface area contributed by atoms with Crippen molar-refractivity contribution < 1.29 is 0 Å². The number of rotatable bonds is 5. The summed E-state index contributed by atoms with van der Waals surface area (Å²) in [5, 5.41) is 1.01. The van der Waals surface area contributed by atoms with E-state index in [1.807, 2.05) is 0 Å². The maximum Gasteiger partial charge on any atom is 0.224 e. The van der Waals surface area contributed by atoms with Gasteiger partial charge in [-0.05, 0) is 61.9 Å². The molecule has 1 atom stereocenters. The van der Waals surface area contributed by atoms with Crippen molar-refractivity contribution >= 4 is 40.6 Å². The smallest absolute Gasteiger partial charge is 0.224 e. The molecule has 0 saturated carbocycles. The van der Waals surface area contributed by atoms with Gasteiger partial charge < -0.3 is 4.90 Å². The molecule has 1 saturated heterocycles. The molecule has 2 aromatic heterocycles. The van der Waals surface area contributed by atoms with Crippen LogP contribution in [0.25, 0.3) is 0 Å². The van der Waals surface area contributed by atoms with Crippen LogP contribution in [0.3, 0.4) is 0 Å². The van der Waals surface area contributed by atoms with Gasteiger partial charge in [0.15, 0.2) is 0 Å². The monoisotopic (exact) mass is 429 g/mol. The average molecular weight is 431 g/mol. The van der Waals surface area contributed by atoms with Crippen LogP contribution in [0.5, 0.6) is 0 Å². The Morgan fingerprint density at radius 3 is 2.04 bits per heavy atom. The molecule has 0 radical (unpaired) electrons. The minimum Gasteiger partial charge on any atom is -0.354 e. The number of halogens is 3. The first-order chi connectivity index (χ1) is 12.9. The fraction of sp³-hybridized carbons (Fsp3) is 0.579. The van der Waals surface area contributed by atoms with Gasteiger partial charge in [-0.25, -0.2) is 19.9 Å². The van der Waals surface area contributed by atoms with Crippen LogP contribution in [0.1, 0.15) is 57.8 Å². The quantitative estimate of drug-likeness (QED) is 0.442. The van der Waals surface area contributed by atoms with Crippen molar-refractivity contribution in [1.29, 1.82) is 0 Å². The molecule has 5 nitrogen and oxygen atoms in total. The second-order valence-corrected chi connectivity index (χ2v) is 7.69. The zero-order chi connectivity index (χ0) is 19.8. The molecular weight excluding hydrogens is 405 g/mol. The third kappa shape index (κ3) is 7.05. The number of nitrogens with zero attached hydrogens (tertiary/aromatic N) is 5. The Bertz CT molecular complexity index is 721. The van der Waals surface area contributed by atoms with Crippen LogP contribution in [0.4, 0.5) is 5.82 Å². The van der Waals surface area contributed by atoms with E-state index < -0.39 is 0 Å². The first kappa shape index (κ1) is 22.1. The van der Waals surface area contributed by atoms with Gasteiger partial charge in [-0.1, -0.05) is 38.3 Å². The lowest BCUT2D eigenvalue weighted by molar-refractivity contribution is 0.723. The summed E-state index contributed by atoms with van der Waals surface area (Å²) in [7, 11) is 0. The largest absolute Gasteiger partial charge is 0.354 e. The Morgan fingerprint density at radius 2 is 1.52 bits per heavy atom. The molecule has 0 amide bonds. The molecule has 148 valence electrons. The summed E-state index contributed by atoms with van der Waals surface area (Å²) in [6, 6.07) is 4.38. The van der Waals surface area contributed by atoms with E-state index in [0.29, 0.717) is 16.5 Å². The Kier molecular flexibility index (Phi) is 9.00. The van der Waals surface area contributed by atoms with Crippen LogP contribution in [0, 0.1) is 0 Å². The molecule has 2 aromatic rings. The number of hydrogen-bond donors (Lipinski definition) is 0. The van der Waals surface area contributed by atoms with Gasteiger partial charge in [-0.15, -0.1) is 0 Å².